The van der Waals surface area contributed by atoms with Gasteiger partial charge in [0.05, 0.1) is 0 Å². The van der Waals surface area contributed by atoms with E-state index >= 15 is 0 Å². The van der Waals surface area contributed by atoms with Crippen molar-refractivity contribution < 1.29 is 13.6 Å². The average Bonchev–Trinajstić information content (AvgIpc) is 2.21. The van der Waals surface area contributed by atoms with E-state index in [-0.39, 0.29) is 18.1 Å². The minimum Gasteiger partial charge on any atom is -0.316 e. The molecule has 2 rings (SSSR count). The Kier molecular flexibility index (Phi) is 3.52. The van der Waals surface area contributed by atoms with Gasteiger partial charge in [0.2, 0.25) is 0 Å². The highest BCUT2D eigenvalue weighted by molar-refractivity contribution is 5.83. The van der Waals surface area contributed by atoms with Crippen LogP contribution in [0.5, 0.6) is 0 Å². The molecule has 1 unspecified atom stereocenters. The second-order valence-corrected chi connectivity index (χ2v) is 4.60. The second-order valence-electron chi connectivity index (χ2n) is 4.60. The molecule has 0 spiro atoms. The molecule has 0 saturated carbocycles. The van der Waals surface area contributed by atoms with Crippen LogP contribution < -0.4 is 5.32 Å². The van der Waals surface area contributed by atoms with Crippen LogP contribution in [0.1, 0.15) is 12.5 Å². The van der Waals surface area contributed by atoms with Crippen molar-refractivity contribution in [2.75, 3.05) is 13.1 Å². The average molecular weight is 239 g/mol. The van der Waals surface area contributed by atoms with Gasteiger partial charge in [0.1, 0.15) is 5.78 Å². The molecule has 0 bridgehead atoms. The van der Waals surface area contributed by atoms with E-state index in [0.717, 1.165) is 25.2 Å². The Morgan fingerprint density at radius 1 is 1.41 bits per heavy atom. The van der Waals surface area contributed by atoms with Gasteiger partial charge in [-0.15, -0.1) is 0 Å². The van der Waals surface area contributed by atoms with E-state index in [1.165, 1.54) is 6.07 Å². The Labute approximate surface area is 99.0 Å². The Hall–Kier alpha value is -1.29. The number of ketones is 1. The SMILES string of the molecule is CC(C(=O)Cc1ccc(F)c(F)c1)C1CNC1. The summed E-state index contributed by atoms with van der Waals surface area (Å²) in [4.78, 5) is 11.9. The zero-order valence-corrected chi connectivity index (χ0v) is 9.67. The molecular formula is C13H15F2NO. The smallest absolute Gasteiger partial charge is 0.159 e. The monoisotopic (exact) mass is 239 g/mol. The molecule has 1 atom stereocenters. The highest BCUT2D eigenvalue weighted by Crippen LogP contribution is 2.19. The molecule has 1 N–H and O–H groups in total. The maximum absolute atomic E-state index is 13.0. The van der Waals surface area contributed by atoms with E-state index in [0.29, 0.717) is 11.5 Å². The quantitative estimate of drug-likeness (QED) is 0.870. The number of halogens is 2. The van der Waals surface area contributed by atoms with Crippen LogP contribution in [0.25, 0.3) is 0 Å². The van der Waals surface area contributed by atoms with Crippen LogP contribution in [-0.2, 0) is 11.2 Å². The number of hydrogen-bond donors (Lipinski definition) is 1. The molecule has 0 aromatic heterocycles. The van der Waals surface area contributed by atoms with Gasteiger partial charge >= 0.3 is 0 Å². The molecule has 4 heteroatoms. The van der Waals surface area contributed by atoms with Gasteiger partial charge in [0.25, 0.3) is 0 Å². The fourth-order valence-corrected chi connectivity index (χ4v) is 1.94. The third kappa shape index (κ3) is 2.69. The highest BCUT2D eigenvalue weighted by Gasteiger charge is 2.28. The maximum Gasteiger partial charge on any atom is 0.159 e. The number of Topliss-reactive ketones (excluding diaryl/α,β-unsaturated/α-hetero) is 1. The third-order valence-electron chi connectivity index (χ3n) is 3.39. The summed E-state index contributed by atoms with van der Waals surface area (Å²) in [6.07, 6.45) is 0.175. The van der Waals surface area contributed by atoms with Crippen LogP contribution in [-0.4, -0.2) is 18.9 Å². The summed E-state index contributed by atoms with van der Waals surface area (Å²) in [5.41, 5.74) is 0.535. The lowest BCUT2D eigenvalue weighted by molar-refractivity contribution is -0.123. The predicted octanol–water partition coefficient (Wildman–Crippen LogP) is 1.93. The van der Waals surface area contributed by atoms with Crippen molar-refractivity contribution in [1.29, 1.82) is 0 Å². The summed E-state index contributed by atoms with van der Waals surface area (Å²) in [6.45, 7) is 3.63. The Morgan fingerprint density at radius 2 is 2.12 bits per heavy atom. The number of hydrogen-bond acceptors (Lipinski definition) is 2. The number of rotatable bonds is 4. The summed E-state index contributed by atoms with van der Waals surface area (Å²) < 4.78 is 25.7. The van der Waals surface area contributed by atoms with Crippen molar-refractivity contribution in [1.82, 2.24) is 5.32 Å². The van der Waals surface area contributed by atoms with Crippen LogP contribution in [0.2, 0.25) is 0 Å². The Morgan fingerprint density at radius 3 is 2.65 bits per heavy atom. The molecule has 1 fully saturated rings. The molecule has 1 heterocycles. The summed E-state index contributed by atoms with van der Waals surface area (Å²) in [5, 5.41) is 3.12. The topological polar surface area (TPSA) is 29.1 Å². The van der Waals surface area contributed by atoms with Crippen molar-refractivity contribution in [2.45, 2.75) is 13.3 Å². The number of carbonyl (C=O) groups excluding carboxylic acids is 1. The first-order valence-corrected chi connectivity index (χ1v) is 5.75. The molecule has 92 valence electrons. The van der Waals surface area contributed by atoms with E-state index in [4.69, 9.17) is 0 Å². The summed E-state index contributed by atoms with van der Waals surface area (Å²) in [5.74, 6) is -1.33. The van der Waals surface area contributed by atoms with Crippen LogP contribution in [0.15, 0.2) is 18.2 Å². The van der Waals surface area contributed by atoms with Crippen molar-refractivity contribution in [2.24, 2.45) is 11.8 Å². The summed E-state index contributed by atoms with van der Waals surface area (Å²) in [6, 6.07) is 3.62. The molecule has 17 heavy (non-hydrogen) atoms. The van der Waals surface area contributed by atoms with Crippen molar-refractivity contribution in [3.63, 3.8) is 0 Å². The van der Waals surface area contributed by atoms with Crippen LogP contribution >= 0.6 is 0 Å². The zero-order chi connectivity index (χ0) is 12.4. The van der Waals surface area contributed by atoms with Gasteiger partial charge in [-0.1, -0.05) is 13.0 Å². The second kappa shape index (κ2) is 4.92. The molecule has 1 aliphatic heterocycles. The lowest BCUT2D eigenvalue weighted by Gasteiger charge is -2.31. The van der Waals surface area contributed by atoms with E-state index in [1.807, 2.05) is 6.92 Å². The molecule has 1 saturated heterocycles. The lowest BCUT2D eigenvalue weighted by atomic mass is 9.84. The van der Waals surface area contributed by atoms with Gasteiger partial charge < -0.3 is 5.32 Å². The summed E-state index contributed by atoms with van der Waals surface area (Å²) >= 11 is 0. The molecular weight excluding hydrogens is 224 g/mol. The standard InChI is InChI=1S/C13H15F2NO/c1-8(10-6-16-7-10)13(17)5-9-2-3-11(14)12(15)4-9/h2-4,8,10,16H,5-7H2,1H3. The van der Waals surface area contributed by atoms with E-state index in [2.05, 4.69) is 5.32 Å². The fourth-order valence-electron chi connectivity index (χ4n) is 1.94. The van der Waals surface area contributed by atoms with Crippen molar-refractivity contribution in [3.05, 3.63) is 35.4 Å². The van der Waals surface area contributed by atoms with Gasteiger partial charge in [-0.05, 0) is 36.7 Å². The Balaban J connectivity index is 1.99. The van der Waals surface area contributed by atoms with E-state index in [9.17, 15) is 13.6 Å². The van der Waals surface area contributed by atoms with Crippen LogP contribution in [0, 0.1) is 23.5 Å². The molecule has 0 aliphatic carbocycles. The van der Waals surface area contributed by atoms with Crippen LogP contribution in [0.4, 0.5) is 8.78 Å². The lowest BCUT2D eigenvalue weighted by Crippen LogP contribution is -2.47. The molecule has 1 aromatic carbocycles. The maximum atomic E-state index is 13.0. The van der Waals surface area contributed by atoms with Crippen molar-refractivity contribution in [3.8, 4) is 0 Å². The van der Waals surface area contributed by atoms with Gasteiger partial charge in [-0.25, -0.2) is 8.78 Å². The molecule has 1 aliphatic rings. The number of carbonyl (C=O) groups is 1. The fraction of sp³-hybridized carbons (Fsp3) is 0.462. The first kappa shape index (κ1) is 12.2. The van der Waals surface area contributed by atoms with Gasteiger partial charge in [-0.3, -0.25) is 4.79 Å². The van der Waals surface area contributed by atoms with Gasteiger partial charge in [0, 0.05) is 12.3 Å². The van der Waals surface area contributed by atoms with Crippen molar-refractivity contribution >= 4 is 5.78 Å². The van der Waals surface area contributed by atoms with Gasteiger partial charge in [-0.2, -0.15) is 0 Å². The van der Waals surface area contributed by atoms with Crippen LogP contribution in [0.3, 0.4) is 0 Å². The Bertz CT molecular complexity index is 429. The number of nitrogens with one attached hydrogen (secondary N) is 1. The largest absolute Gasteiger partial charge is 0.316 e. The predicted molar refractivity (Wildman–Crippen MR) is 60.6 cm³/mol. The normalized spacial score (nSPS) is 17.6. The molecule has 1 aromatic rings. The third-order valence-corrected chi connectivity index (χ3v) is 3.39. The molecule has 0 amide bonds. The zero-order valence-electron chi connectivity index (χ0n) is 9.67. The molecule has 0 radical (unpaired) electrons. The van der Waals surface area contributed by atoms with E-state index < -0.39 is 11.6 Å². The summed E-state index contributed by atoms with van der Waals surface area (Å²) in [7, 11) is 0. The first-order chi connectivity index (χ1) is 8.08. The van der Waals surface area contributed by atoms with E-state index in [1.54, 1.807) is 0 Å². The minimum absolute atomic E-state index is 0.0237. The minimum atomic E-state index is -0.895. The number of benzene rings is 1. The van der Waals surface area contributed by atoms with Gasteiger partial charge in [0.15, 0.2) is 11.6 Å². The highest BCUT2D eigenvalue weighted by atomic mass is 19.2. The molecule has 2 nitrogen and oxygen atoms in total. The first-order valence-electron chi connectivity index (χ1n) is 5.75.